The van der Waals surface area contributed by atoms with Gasteiger partial charge in [0.2, 0.25) is 20.0 Å². The first-order chi connectivity index (χ1) is 12.7. The van der Waals surface area contributed by atoms with Crippen LogP contribution in [0.5, 0.6) is 0 Å². The first-order valence-electron chi connectivity index (χ1n) is 8.54. The molecule has 0 fully saturated rings. The van der Waals surface area contributed by atoms with Crippen LogP contribution in [0.1, 0.15) is 23.6 Å². The van der Waals surface area contributed by atoms with Gasteiger partial charge in [-0.1, -0.05) is 35.9 Å². The lowest BCUT2D eigenvalue weighted by atomic mass is 10.0. The zero-order valence-electron chi connectivity index (χ0n) is 14.9. The molecule has 9 heteroatoms. The maximum atomic E-state index is 12.5. The van der Waals surface area contributed by atoms with E-state index in [1.54, 1.807) is 43.3 Å². The smallest absolute Gasteiger partial charge is 0.236 e. The lowest BCUT2D eigenvalue weighted by molar-refractivity contribution is 0.392. The van der Waals surface area contributed by atoms with Gasteiger partial charge in [0.15, 0.2) is 0 Å². The number of nitrogens with zero attached hydrogens (tertiary/aromatic N) is 1. The molecule has 1 aliphatic heterocycles. The van der Waals surface area contributed by atoms with Gasteiger partial charge in [-0.15, -0.1) is 0 Å². The van der Waals surface area contributed by atoms with Crippen LogP contribution >= 0.6 is 11.6 Å². The zero-order valence-corrected chi connectivity index (χ0v) is 17.2. The highest BCUT2D eigenvalue weighted by atomic mass is 35.5. The molecule has 0 spiro atoms. The minimum atomic E-state index is -3.65. The van der Waals surface area contributed by atoms with Gasteiger partial charge in [-0.25, -0.2) is 16.8 Å². The third kappa shape index (κ3) is 4.82. The first kappa shape index (κ1) is 20.1. The van der Waals surface area contributed by atoms with Crippen molar-refractivity contribution in [3.05, 3.63) is 64.2 Å². The SMILES string of the molecule is CCS(=O)(=O)N1CCc2ccc(NS(=O)(=O)Cc3ccccc3Cl)cc2C1. The molecule has 1 N–H and O–H groups in total. The topological polar surface area (TPSA) is 83.6 Å². The monoisotopic (exact) mass is 428 g/mol. The van der Waals surface area contributed by atoms with E-state index in [9.17, 15) is 16.8 Å². The maximum Gasteiger partial charge on any atom is 0.236 e. The third-order valence-corrected chi connectivity index (χ3v) is 7.95. The Morgan fingerprint density at radius 3 is 2.52 bits per heavy atom. The molecule has 6 nitrogen and oxygen atoms in total. The van der Waals surface area contributed by atoms with Gasteiger partial charge in [0.1, 0.15) is 0 Å². The van der Waals surface area contributed by atoms with E-state index < -0.39 is 20.0 Å². The van der Waals surface area contributed by atoms with Crippen LogP contribution in [0.25, 0.3) is 0 Å². The molecule has 2 aromatic carbocycles. The molecule has 0 saturated heterocycles. The molecule has 2 aromatic rings. The highest BCUT2D eigenvalue weighted by Crippen LogP contribution is 2.26. The zero-order chi connectivity index (χ0) is 19.7. The van der Waals surface area contributed by atoms with Gasteiger partial charge in [-0.2, -0.15) is 4.31 Å². The van der Waals surface area contributed by atoms with E-state index in [2.05, 4.69) is 4.72 Å². The number of hydrogen-bond donors (Lipinski definition) is 1. The Morgan fingerprint density at radius 1 is 1.07 bits per heavy atom. The van der Waals surface area contributed by atoms with Crippen LogP contribution in [0.4, 0.5) is 5.69 Å². The Balaban J connectivity index is 1.79. The van der Waals surface area contributed by atoms with Crippen molar-refractivity contribution in [3.8, 4) is 0 Å². The number of sulfonamides is 2. The van der Waals surface area contributed by atoms with Crippen LogP contribution in [0.15, 0.2) is 42.5 Å². The largest absolute Gasteiger partial charge is 0.283 e. The van der Waals surface area contributed by atoms with E-state index >= 15 is 0 Å². The fraction of sp³-hybridized carbons (Fsp3) is 0.333. The average Bonchev–Trinajstić information content (AvgIpc) is 2.62. The van der Waals surface area contributed by atoms with Crippen LogP contribution in [0.2, 0.25) is 5.02 Å². The highest BCUT2D eigenvalue weighted by Gasteiger charge is 2.25. The maximum absolute atomic E-state index is 12.5. The minimum Gasteiger partial charge on any atom is -0.283 e. The van der Waals surface area contributed by atoms with Crippen LogP contribution in [0.3, 0.4) is 0 Å². The van der Waals surface area contributed by atoms with Crippen molar-refractivity contribution < 1.29 is 16.8 Å². The molecule has 1 heterocycles. The molecule has 27 heavy (non-hydrogen) atoms. The normalized spacial score (nSPS) is 15.3. The Kier molecular flexibility index (Phi) is 5.81. The fourth-order valence-electron chi connectivity index (χ4n) is 3.05. The van der Waals surface area contributed by atoms with E-state index in [0.717, 1.165) is 11.1 Å². The van der Waals surface area contributed by atoms with Crippen LogP contribution in [0, 0.1) is 0 Å². The van der Waals surface area contributed by atoms with Gasteiger partial charge in [0, 0.05) is 23.8 Å². The van der Waals surface area contributed by atoms with Crippen molar-refractivity contribution in [3.63, 3.8) is 0 Å². The van der Waals surface area contributed by atoms with Crippen molar-refractivity contribution >= 4 is 37.3 Å². The molecule has 0 amide bonds. The van der Waals surface area contributed by atoms with Gasteiger partial charge in [-0.05, 0) is 48.2 Å². The van der Waals surface area contributed by atoms with Gasteiger partial charge >= 0.3 is 0 Å². The summed E-state index contributed by atoms with van der Waals surface area (Å²) in [6.07, 6.45) is 0.612. The lowest BCUT2D eigenvalue weighted by Gasteiger charge is -2.28. The fourth-order valence-corrected chi connectivity index (χ4v) is 5.62. The lowest BCUT2D eigenvalue weighted by Crippen LogP contribution is -2.36. The molecule has 3 rings (SSSR count). The summed E-state index contributed by atoms with van der Waals surface area (Å²) in [7, 11) is -6.93. The molecular formula is C18H21ClN2O4S2. The second-order valence-electron chi connectivity index (χ2n) is 6.42. The van der Waals surface area contributed by atoms with E-state index in [0.29, 0.717) is 29.2 Å². The van der Waals surface area contributed by atoms with E-state index in [-0.39, 0.29) is 18.1 Å². The van der Waals surface area contributed by atoms with Crippen LogP contribution in [-0.4, -0.2) is 33.4 Å². The van der Waals surface area contributed by atoms with Gasteiger partial charge in [0.05, 0.1) is 11.5 Å². The van der Waals surface area contributed by atoms with Crippen LogP contribution < -0.4 is 4.72 Å². The summed E-state index contributed by atoms with van der Waals surface area (Å²) < 4.78 is 53.2. The van der Waals surface area contributed by atoms with Crippen molar-refractivity contribution in [2.75, 3.05) is 17.0 Å². The van der Waals surface area contributed by atoms with Crippen molar-refractivity contribution in [1.82, 2.24) is 4.31 Å². The standard InChI is InChI=1S/C18H21ClN2O4S2/c1-2-27(24,25)21-10-9-14-7-8-17(11-16(14)12-21)20-26(22,23)13-15-5-3-4-6-18(15)19/h3-8,11,20H,2,9-10,12-13H2,1H3. The van der Waals surface area contributed by atoms with E-state index in [1.165, 1.54) is 4.31 Å². The molecule has 0 bridgehead atoms. The predicted octanol–water partition coefficient (Wildman–Crippen LogP) is 2.99. The Hall–Kier alpha value is -1.61. The Labute approximate surface area is 165 Å². The second kappa shape index (κ2) is 7.79. The number of halogens is 1. The highest BCUT2D eigenvalue weighted by molar-refractivity contribution is 7.92. The van der Waals surface area contributed by atoms with Crippen molar-refractivity contribution in [2.24, 2.45) is 0 Å². The molecule has 0 saturated carbocycles. The van der Waals surface area contributed by atoms with Crippen molar-refractivity contribution in [2.45, 2.75) is 25.6 Å². The summed E-state index contributed by atoms with van der Waals surface area (Å²) in [5.41, 5.74) is 2.78. The molecule has 1 aliphatic rings. The van der Waals surface area contributed by atoms with Gasteiger partial charge in [-0.3, -0.25) is 4.72 Å². The Morgan fingerprint density at radius 2 is 1.81 bits per heavy atom. The number of hydrogen-bond acceptors (Lipinski definition) is 4. The van der Waals surface area contributed by atoms with Gasteiger partial charge < -0.3 is 0 Å². The summed E-state index contributed by atoms with van der Waals surface area (Å²) in [4.78, 5) is 0. The number of nitrogens with one attached hydrogen (secondary N) is 1. The number of anilines is 1. The number of rotatable bonds is 6. The predicted molar refractivity (Wildman–Crippen MR) is 108 cm³/mol. The quantitative estimate of drug-likeness (QED) is 0.766. The second-order valence-corrected chi connectivity index (χ2v) is 10.8. The molecule has 0 unspecified atom stereocenters. The molecule has 0 atom stereocenters. The van der Waals surface area contributed by atoms with Gasteiger partial charge in [0.25, 0.3) is 0 Å². The first-order valence-corrected chi connectivity index (χ1v) is 12.2. The van der Waals surface area contributed by atoms with Crippen molar-refractivity contribution in [1.29, 1.82) is 0 Å². The summed E-state index contributed by atoms with van der Waals surface area (Å²) in [5.74, 6) is -0.188. The Bertz CT molecular complexity index is 1050. The molecule has 146 valence electrons. The summed E-state index contributed by atoms with van der Waals surface area (Å²) in [6.45, 7) is 2.32. The summed E-state index contributed by atoms with van der Waals surface area (Å²) >= 11 is 6.05. The summed E-state index contributed by atoms with van der Waals surface area (Å²) in [5, 5.41) is 0.397. The third-order valence-electron chi connectivity index (χ3n) is 4.52. The van der Waals surface area contributed by atoms with Crippen LogP contribution in [-0.2, 0) is 38.8 Å². The molecular weight excluding hydrogens is 408 g/mol. The average molecular weight is 429 g/mol. The number of fused-ring (bicyclic) bond motifs is 1. The molecule has 0 radical (unpaired) electrons. The molecule has 0 aromatic heterocycles. The van der Waals surface area contributed by atoms with E-state index in [4.69, 9.17) is 11.6 Å². The summed E-state index contributed by atoms with van der Waals surface area (Å²) in [6, 6.07) is 12.0. The number of benzene rings is 2. The van der Waals surface area contributed by atoms with E-state index in [1.807, 2.05) is 6.07 Å². The molecule has 0 aliphatic carbocycles. The minimum absolute atomic E-state index is 0.0481.